The number of rotatable bonds is 6. The van der Waals surface area contributed by atoms with Crippen LogP contribution in [0.1, 0.15) is 42.5 Å². The van der Waals surface area contributed by atoms with Gasteiger partial charge in [-0.15, -0.1) is 0 Å². The summed E-state index contributed by atoms with van der Waals surface area (Å²) in [4.78, 5) is 49.1. The minimum atomic E-state index is -1.00. The maximum absolute atomic E-state index is 12.7. The fraction of sp³-hybridized carbons (Fsp3) is 0.474. The second-order valence-corrected chi connectivity index (χ2v) is 6.97. The van der Waals surface area contributed by atoms with E-state index in [4.69, 9.17) is 0 Å². The van der Waals surface area contributed by atoms with Crippen LogP contribution in [0.25, 0.3) is 0 Å². The smallest absolute Gasteiger partial charge is 0.326 e. The Bertz CT molecular complexity index is 759. The first-order valence-corrected chi connectivity index (χ1v) is 9.17. The second kappa shape index (κ2) is 8.20. The Morgan fingerprint density at radius 1 is 1.11 bits per heavy atom. The third-order valence-electron chi connectivity index (χ3n) is 4.81. The molecular formula is C19H23N3O5. The lowest BCUT2D eigenvalue weighted by atomic mass is 10.0. The van der Waals surface area contributed by atoms with E-state index in [-0.39, 0.29) is 30.2 Å². The van der Waals surface area contributed by atoms with Gasteiger partial charge in [0.1, 0.15) is 6.04 Å². The van der Waals surface area contributed by atoms with E-state index in [0.717, 1.165) is 25.7 Å². The van der Waals surface area contributed by atoms with E-state index in [2.05, 4.69) is 10.6 Å². The molecule has 8 nitrogen and oxygen atoms in total. The number of anilines is 1. The minimum absolute atomic E-state index is 0.0328. The molecule has 144 valence electrons. The van der Waals surface area contributed by atoms with Gasteiger partial charge >= 0.3 is 5.97 Å². The summed E-state index contributed by atoms with van der Waals surface area (Å²) in [5.41, 5.74) is 0.748. The van der Waals surface area contributed by atoms with E-state index in [9.17, 15) is 24.3 Å². The number of carboxylic acid groups (broad SMARTS) is 1. The summed E-state index contributed by atoms with van der Waals surface area (Å²) in [5, 5.41) is 14.6. The van der Waals surface area contributed by atoms with Gasteiger partial charge in [-0.05, 0) is 50.3 Å². The van der Waals surface area contributed by atoms with Crippen molar-refractivity contribution in [1.82, 2.24) is 10.2 Å². The maximum Gasteiger partial charge on any atom is 0.326 e. The van der Waals surface area contributed by atoms with Gasteiger partial charge in [0.05, 0.1) is 6.54 Å². The molecule has 27 heavy (non-hydrogen) atoms. The van der Waals surface area contributed by atoms with Crippen LogP contribution in [0.3, 0.4) is 0 Å². The molecule has 3 amide bonds. The highest BCUT2D eigenvalue weighted by Gasteiger charge is 2.32. The number of benzene rings is 1. The zero-order valence-electron chi connectivity index (χ0n) is 14.9. The monoisotopic (exact) mass is 373 g/mol. The van der Waals surface area contributed by atoms with Gasteiger partial charge in [0.2, 0.25) is 11.8 Å². The summed E-state index contributed by atoms with van der Waals surface area (Å²) < 4.78 is 0. The van der Waals surface area contributed by atoms with Crippen molar-refractivity contribution in [3.05, 3.63) is 29.8 Å². The molecule has 1 aromatic carbocycles. The predicted octanol–water partition coefficient (Wildman–Crippen LogP) is 1.23. The number of nitrogens with zero attached hydrogens (tertiary/aromatic N) is 1. The van der Waals surface area contributed by atoms with Crippen molar-refractivity contribution in [3.8, 4) is 0 Å². The number of hydrogen-bond acceptors (Lipinski definition) is 4. The molecule has 1 aliphatic carbocycles. The maximum atomic E-state index is 12.7. The van der Waals surface area contributed by atoms with Crippen molar-refractivity contribution >= 4 is 29.4 Å². The van der Waals surface area contributed by atoms with E-state index in [1.54, 1.807) is 18.2 Å². The number of piperidine rings is 1. The van der Waals surface area contributed by atoms with Gasteiger partial charge in [-0.1, -0.05) is 6.07 Å². The van der Waals surface area contributed by atoms with Crippen LogP contribution in [0.5, 0.6) is 0 Å². The lowest BCUT2D eigenvalue weighted by Gasteiger charge is -2.33. The van der Waals surface area contributed by atoms with Crippen LogP contribution in [-0.4, -0.2) is 52.8 Å². The molecular weight excluding hydrogens is 350 g/mol. The SMILES string of the molecule is O=C(CNC(=O)C1CC1)Nc1cccc(C(=O)N2CCCCC2C(=O)O)c1. The summed E-state index contributed by atoms with van der Waals surface area (Å²) in [6, 6.07) is 5.58. The van der Waals surface area contributed by atoms with Crippen molar-refractivity contribution in [2.24, 2.45) is 5.92 Å². The Hall–Kier alpha value is -2.90. The zero-order chi connectivity index (χ0) is 19.4. The molecule has 1 saturated heterocycles. The topological polar surface area (TPSA) is 116 Å². The standard InChI is InChI=1S/C19H23N3O5/c23-16(11-20-17(24)12-7-8-12)21-14-5-3-4-13(10-14)18(25)22-9-2-1-6-15(22)19(26)27/h3-5,10,12,15H,1-2,6-9,11H2,(H,20,24)(H,21,23)(H,26,27). The molecule has 0 spiro atoms. The van der Waals surface area contributed by atoms with Gasteiger partial charge < -0.3 is 20.6 Å². The highest BCUT2D eigenvalue weighted by molar-refractivity contribution is 5.99. The summed E-state index contributed by atoms with van der Waals surface area (Å²) >= 11 is 0. The molecule has 2 fully saturated rings. The van der Waals surface area contributed by atoms with E-state index >= 15 is 0 Å². The van der Waals surface area contributed by atoms with Crippen LogP contribution in [0.15, 0.2) is 24.3 Å². The fourth-order valence-corrected chi connectivity index (χ4v) is 3.19. The first-order valence-electron chi connectivity index (χ1n) is 9.17. The van der Waals surface area contributed by atoms with Crippen molar-refractivity contribution in [2.75, 3.05) is 18.4 Å². The second-order valence-electron chi connectivity index (χ2n) is 6.97. The van der Waals surface area contributed by atoms with E-state index in [1.807, 2.05) is 0 Å². The number of carbonyl (C=O) groups is 4. The molecule has 8 heteroatoms. The Morgan fingerprint density at radius 2 is 1.89 bits per heavy atom. The average Bonchev–Trinajstić information content (AvgIpc) is 3.51. The number of amides is 3. The Morgan fingerprint density at radius 3 is 2.59 bits per heavy atom. The summed E-state index contributed by atoms with van der Waals surface area (Å²) in [6.45, 7) is 0.278. The van der Waals surface area contributed by atoms with Crippen LogP contribution >= 0.6 is 0 Å². The highest BCUT2D eigenvalue weighted by atomic mass is 16.4. The Labute approximate surface area is 156 Å². The first-order chi connectivity index (χ1) is 13.0. The number of nitrogens with one attached hydrogen (secondary N) is 2. The molecule has 0 aromatic heterocycles. The number of carboxylic acids is 1. The predicted molar refractivity (Wildman–Crippen MR) is 97.1 cm³/mol. The summed E-state index contributed by atoms with van der Waals surface area (Å²) in [7, 11) is 0. The van der Waals surface area contributed by atoms with Gasteiger partial charge in [0, 0.05) is 23.7 Å². The van der Waals surface area contributed by atoms with Crippen LogP contribution in [-0.2, 0) is 14.4 Å². The molecule has 1 heterocycles. The van der Waals surface area contributed by atoms with Gasteiger partial charge in [-0.3, -0.25) is 14.4 Å². The molecule has 1 aromatic rings. The molecule has 3 rings (SSSR count). The Kier molecular flexibility index (Phi) is 5.73. The molecule has 0 bridgehead atoms. The van der Waals surface area contributed by atoms with Gasteiger partial charge in [0.25, 0.3) is 5.91 Å². The Balaban J connectivity index is 1.61. The number of hydrogen-bond donors (Lipinski definition) is 3. The summed E-state index contributed by atoms with van der Waals surface area (Å²) in [6.07, 6.45) is 3.73. The fourth-order valence-electron chi connectivity index (χ4n) is 3.19. The van der Waals surface area contributed by atoms with E-state index < -0.39 is 12.0 Å². The molecule has 1 aliphatic heterocycles. The normalized spacial score (nSPS) is 19.3. The lowest BCUT2D eigenvalue weighted by Crippen LogP contribution is -2.48. The highest BCUT2D eigenvalue weighted by Crippen LogP contribution is 2.28. The molecule has 1 unspecified atom stereocenters. The minimum Gasteiger partial charge on any atom is -0.480 e. The molecule has 1 saturated carbocycles. The van der Waals surface area contributed by atoms with Crippen LogP contribution < -0.4 is 10.6 Å². The number of aliphatic carboxylic acids is 1. The third kappa shape index (κ3) is 4.84. The lowest BCUT2D eigenvalue weighted by molar-refractivity contribution is -0.143. The van der Waals surface area contributed by atoms with Crippen LogP contribution in [0, 0.1) is 5.92 Å². The van der Waals surface area contributed by atoms with Crippen LogP contribution in [0.2, 0.25) is 0 Å². The van der Waals surface area contributed by atoms with E-state index in [0.29, 0.717) is 24.2 Å². The molecule has 1 atom stereocenters. The molecule has 2 aliphatic rings. The zero-order valence-corrected chi connectivity index (χ0v) is 14.9. The third-order valence-corrected chi connectivity index (χ3v) is 4.81. The van der Waals surface area contributed by atoms with Gasteiger partial charge in [-0.25, -0.2) is 4.79 Å². The number of carbonyl (C=O) groups excluding carboxylic acids is 3. The van der Waals surface area contributed by atoms with E-state index in [1.165, 1.54) is 11.0 Å². The van der Waals surface area contributed by atoms with Crippen molar-refractivity contribution in [3.63, 3.8) is 0 Å². The van der Waals surface area contributed by atoms with Crippen molar-refractivity contribution in [2.45, 2.75) is 38.1 Å². The summed E-state index contributed by atoms with van der Waals surface area (Å²) in [5.74, 6) is -1.82. The number of likely N-dealkylation sites (tertiary alicyclic amines) is 1. The van der Waals surface area contributed by atoms with Crippen molar-refractivity contribution in [1.29, 1.82) is 0 Å². The average molecular weight is 373 g/mol. The molecule has 3 N–H and O–H groups in total. The quantitative estimate of drug-likeness (QED) is 0.694. The largest absolute Gasteiger partial charge is 0.480 e. The van der Waals surface area contributed by atoms with Crippen LogP contribution in [0.4, 0.5) is 5.69 Å². The van der Waals surface area contributed by atoms with Gasteiger partial charge in [-0.2, -0.15) is 0 Å². The molecule has 0 radical (unpaired) electrons. The first kappa shape index (κ1) is 18.9. The van der Waals surface area contributed by atoms with Crippen molar-refractivity contribution < 1.29 is 24.3 Å². The van der Waals surface area contributed by atoms with Gasteiger partial charge in [0.15, 0.2) is 0 Å².